The molecule has 4 heterocycles. The molecule has 0 spiro atoms. The Balaban J connectivity index is 1.71. The van der Waals surface area contributed by atoms with Crippen LogP contribution in [-0.4, -0.2) is 197 Å². The van der Waals surface area contributed by atoms with Crippen LogP contribution in [0.4, 0.5) is 0 Å². The van der Waals surface area contributed by atoms with Crippen LogP contribution in [0.1, 0.15) is 83.0 Å². The molecule has 27 nitrogen and oxygen atoms in total. The first kappa shape index (κ1) is 61.4. The maximum absolute atomic E-state index is 14.4. The van der Waals surface area contributed by atoms with Gasteiger partial charge in [-0.3, -0.25) is 57.6 Å². The predicted octanol–water partition coefficient (Wildman–Crippen LogP) is 1.23. The average Bonchev–Trinajstić information content (AvgIpc) is 3.58. The second-order valence-corrected chi connectivity index (χ2v) is 25.0. The zero-order valence-electron chi connectivity index (χ0n) is 44.6. The van der Waals surface area contributed by atoms with E-state index < -0.39 is 185 Å². The molecule has 0 aliphatic carbocycles. The number of hydrogen-bond acceptors (Lipinski definition) is 26. The summed E-state index contributed by atoms with van der Waals surface area (Å²) < 4.78 is 88.9. The Morgan fingerprint density at radius 2 is 0.779 bits per heavy atom. The quantitative estimate of drug-likeness (QED) is 0.0723. The van der Waals surface area contributed by atoms with Crippen molar-refractivity contribution in [3.63, 3.8) is 0 Å². The van der Waals surface area contributed by atoms with Crippen LogP contribution < -0.4 is 0 Å². The Bertz CT molecular complexity index is 2350. The van der Waals surface area contributed by atoms with Gasteiger partial charge in [0.05, 0.1) is 11.1 Å². The Labute approximate surface area is 443 Å². The number of esters is 9. The summed E-state index contributed by atoms with van der Waals surface area (Å²) in [5.74, 6) is -10.5. The van der Waals surface area contributed by atoms with Crippen molar-refractivity contribution in [1.82, 2.24) is 4.90 Å². The van der Waals surface area contributed by atoms with Crippen LogP contribution in [0, 0.1) is 0 Å². The van der Waals surface area contributed by atoms with Crippen molar-refractivity contribution in [1.29, 1.82) is 0 Å². The molecule has 77 heavy (non-hydrogen) atoms. The van der Waals surface area contributed by atoms with Crippen molar-refractivity contribution in [2.75, 3.05) is 26.4 Å². The van der Waals surface area contributed by atoms with E-state index in [1.54, 1.807) is 0 Å². The van der Waals surface area contributed by atoms with Crippen LogP contribution in [0.2, 0.25) is 25.7 Å². The van der Waals surface area contributed by atoms with Gasteiger partial charge < -0.3 is 71.1 Å². The minimum Gasteiger partial charge on any atom is -0.463 e. The fourth-order valence-electron chi connectivity index (χ4n) is 8.82. The molecule has 3 fully saturated rings. The molecule has 0 bridgehead atoms. The summed E-state index contributed by atoms with van der Waals surface area (Å²) in [5, 5.41) is 0. The molecule has 426 valence electrons. The number of carbonyl (C=O) groups is 11. The summed E-state index contributed by atoms with van der Waals surface area (Å²) in [7, 11) is -1.77. The van der Waals surface area contributed by atoms with Crippen molar-refractivity contribution in [3.05, 3.63) is 35.4 Å². The van der Waals surface area contributed by atoms with Crippen LogP contribution in [0.5, 0.6) is 0 Å². The first-order valence-electron chi connectivity index (χ1n) is 24.4. The predicted molar refractivity (Wildman–Crippen MR) is 254 cm³/mol. The Hall–Kier alpha value is -6.43. The first-order chi connectivity index (χ1) is 36.1. The summed E-state index contributed by atoms with van der Waals surface area (Å²) in [6, 6.07) is 4.25. The smallest absolute Gasteiger partial charge is 0.303 e. The summed E-state index contributed by atoms with van der Waals surface area (Å²) in [5.41, 5.74) is -0.229. The first-order valence-corrected chi connectivity index (χ1v) is 28.1. The standard InChI is InChI=1S/C49H65NO26Si/c1-22(51)63-19-33-37(66-25(4)54)40(67-26(5)55)36(50-45(60)31-15-13-14-16-32(31)46(50)61)47(72-33)75-38-35(21-65-24(3)53)74-49(44(71-30(9)59)42(38)69-28(7)57)76-39-34(20-64-23(2)52)73-48(62-17-18-77(10,11)12)43(70-29(8)58)41(39)68-27(6)56/h13-16,33-44,47-49H,17-21H2,1-12H3/t33-,34-,35-,36+,37+,38+,39-,40-,41+,42+,43-,44-,47+,48+,49+/m1/s1. The third-order valence-corrected chi connectivity index (χ3v) is 13.5. The molecule has 15 atom stereocenters. The number of hydrogen-bond donors (Lipinski definition) is 0. The number of fused-ring (bicyclic) bond motifs is 1. The Morgan fingerprint density at radius 1 is 0.442 bits per heavy atom. The van der Waals surface area contributed by atoms with Crippen molar-refractivity contribution in [2.45, 2.75) is 180 Å². The topological polar surface area (TPSA) is 329 Å². The molecule has 3 saturated heterocycles. The number of ether oxygens (including phenoxy) is 15. The van der Waals surface area contributed by atoms with Gasteiger partial charge in [0, 0.05) is 77.0 Å². The fourth-order valence-corrected chi connectivity index (χ4v) is 9.55. The number of rotatable bonds is 21. The van der Waals surface area contributed by atoms with Gasteiger partial charge in [-0.1, -0.05) is 31.8 Å². The minimum absolute atomic E-state index is 0.0788. The van der Waals surface area contributed by atoms with E-state index in [-0.39, 0.29) is 17.7 Å². The lowest BCUT2D eigenvalue weighted by Crippen LogP contribution is -2.70. The molecule has 0 unspecified atom stereocenters. The van der Waals surface area contributed by atoms with Gasteiger partial charge >= 0.3 is 53.7 Å². The second-order valence-electron chi connectivity index (χ2n) is 19.4. The molecule has 0 saturated carbocycles. The largest absolute Gasteiger partial charge is 0.463 e. The van der Waals surface area contributed by atoms with Crippen LogP contribution in [0.25, 0.3) is 0 Å². The highest BCUT2D eigenvalue weighted by atomic mass is 28.3. The van der Waals surface area contributed by atoms with E-state index in [0.29, 0.717) is 10.9 Å². The van der Waals surface area contributed by atoms with Crippen LogP contribution in [-0.2, 0) is 114 Å². The number of amides is 2. The van der Waals surface area contributed by atoms with E-state index in [9.17, 15) is 52.7 Å². The van der Waals surface area contributed by atoms with Gasteiger partial charge in [0.2, 0.25) is 0 Å². The average molecular weight is 1110 g/mol. The monoisotopic (exact) mass is 1110 g/mol. The molecule has 0 radical (unpaired) electrons. The van der Waals surface area contributed by atoms with E-state index in [2.05, 4.69) is 19.6 Å². The lowest BCUT2D eigenvalue weighted by molar-refractivity contribution is -0.376. The number of carbonyl (C=O) groups excluding carboxylic acids is 11. The fraction of sp³-hybridized carbons (Fsp3) is 0.653. The minimum atomic E-state index is -2.12. The summed E-state index contributed by atoms with van der Waals surface area (Å²) >= 11 is 0. The molecule has 0 aromatic heterocycles. The molecule has 1 aromatic rings. The number of imide groups is 1. The third-order valence-electron chi connectivity index (χ3n) is 11.8. The van der Waals surface area contributed by atoms with Gasteiger partial charge in [0.25, 0.3) is 11.8 Å². The number of benzene rings is 1. The lowest BCUT2D eigenvalue weighted by atomic mass is 9.93. The van der Waals surface area contributed by atoms with E-state index in [0.717, 1.165) is 62.3 Å². The lowest BCUT2D eigenvalue weighted by Gasteiger charge is -2.51. The molecule has 0 N–H and O–H groups in total. The maximum Gasteiger partial charge on any atom is 0.303 e. The zero-order valence-corrected chi connectivity index (χ0v) is 45.6. The molecule has 4 aliphatic rings. The van der Waals surface area contributed by atoms with Crippen molar-refractivity contribution in [2.24, 2.45) is 0 Å². The van der Waals surface area contributed by atoms with Gasteiger partial charge in [-0.2, -0.15) is 0 Å². The van der Waals surface area contributed by atoms with Gasteiger partial charge in [0.15, 0.2) is 55.5 Å². The highest BCUT2D eigenvalue weighted by Gasteiger charge is 2.62. The molecular formula is C49H65NO26Si. The molecular weight excluding hydrogens is 1050 g/mol. The Morgan fingerprint density at radius 3 is 1.18 bits per heavy atom. The van der Waals surface area contributed by atoms with Crippen LogP contribution >= 0.6 is 0 Å². The SMILES string of the molecule is CC(=O)OC[C@H]1O[C@@H](O[C@H]2[C@H](OC(C)=O)[C@@H](OC(C)=O)[C@@H](OCC[Si](C)(C)C)O[C@@H]2COC(C)=O)[C@H](OC(C)=O)[C@@H](OC(C)=O)[C@H]1O[C@@H]1O[C@H](COC(C)=O)[C@H](OC(C)=O)[C@H](OC(C)=O)[C@@H]1N1C(=O)c2ccccc2C1=O. The highest BCUT2D eigenvalue weighted by molar-refractivity contribution is 6.76. The van der Waals surface area contributed by atoms with Gasteiger partial charge in [-0.15, -0.1) is 0 Å². The van der Waals surface area contributed by atoms with Crippen molar-refractivity contribution in [3.8, 4) is 0 Å². The summed E-state index contributed by atoms with van der Waals surface area (Å²) in [6.07, 6.45) is -25.2. The molecule has 4 aliphatic heterocycles. The van der Waals surface area contributed by atoms with E-state index >= 15 is 0 Å². The second kappa shape index (κ2) is 26.8. The molecule has 5 rings (SSSR count). The van der Waals surface area contributed by atoms with Gasteiger partial charge in [-0.25, -0.2) is 0 Å². The van der Waals surface area contributed by atoms with E-state index in [1.807, 2.05) is 0 Å². The van der Waals surface area contributed by atoms with Gasteiger partial charge in [-0.05, 0) is 18.2 Å². The Kier molecular flexibility index (Phi) is 21.3. The molecule has 2 amide bonds. The molecule has 1 aromatic carbocycles. The van der Waals surface area contributed by atoms with E-state index in [1.165, 1.54) is 24.3 Å². The van der Waals surface area contributed by atoms with E-state index in [4.69, 9.17) is 71.1 Å². The van der Waals surface area contributed by atoms with Gasteiger partial charge in [0.1, 0.15) is 56.4 Å². The maximum atomic E-state index is 14.4. The van der Waals surface area contributed by atoms with Crippen LogP contribution in [0.3, 0.4) is 0 Å². The third kappa shape index (κ3) is 16.5. The van der Waals surface area contributed by atoms with Crippen molar-refractivity contribution < 1.29 is 124 Å². The summed E-state index contributed by atoms with van der Waals surface area (Å²) in [6.45, 7) is 13.2. The molecule has 28 heteroatoms. The van der Waals surface area contributed by atoms with Crippen LogP contribution in [0.15, 0.2) is 24.3 Å². The highest BCUT2D eigenvalue weighted by Crippen LogP contribution is 2.40. The normalized spacial score (nSPS) is 29.9. The van der Waals surface area contributed by atoms with Crippen molar-refractivity contribution >= 4 is 73.6 Å². The number of nitrogens with zero attached hydrogens (tertiary/aromatic N) is 1. The zero-order chi connectivity index (χ0) is 57.2. The summed E-state index contributed by atoms with van der Waals surface area (Å²) in [4.78, 5) is 145.